The Kier molecular flexibility index (Phi) is 4.90. The van der Waals surface area contributed by atoms with E-state index in [0.29, 0.717) is 6.04 Å². The van der Waals surface area contributed by atoms with E-state index in [0.717, 1.165) is 24.5 Å². The molecule has 0 bridgehead atoms. The number of nitrogens with zero attached hydrogens (tertiary/aromatic N) is 1. The lowest BCUT2D eigenvalue weighted by atomic mass is 10.2. The molecule has 1 heterocycles. The summed E-state index contributed by atoms with van der Waals surface area (Å²) < 4.78 is 0. The van der Waals surface area contributed by atoms with Crippen molar-refractivity contribution in [2.45, 2.75) is 32.7 Å². The fourth-order valence-corrected chi connectivity index (χ4v) is 1.90. The highest BCUT2D eigenvalue weighted by Gasteiger charge is 1.99. The van der Waals surface area contributed by atoms with Gasteiger partial charge in [0.25, 0.3) is 0 Å². The van der Waals surface area contributed by atoms with Crippen LogP contribution in [0.25, 0.3) is 0 Å². The van der Waals surface area contributed by atoms with Crippen molar-refractivity contribution in [3.05, 3.63) is 11.1 Å². The molecule has 0 atom stereocenters. The number of anilines is 1. The van der Waals surface area contributed by atoms with Crippen molar-refractivity contribution < 1.29 is 0 Å². The summed E-state index contributed by atoms with van der Waals surface area (Å²) in [5.41, 5.74) is 1.20. The molecule has 1 aromatic rings. The van der Waals surface area contributed by atoms with Crippen molar-refractivity contribution in [2.75, 3.05) is 18.9 Å². The van der Waals surface area contributed by atoms with Gasteiger partial charge in [-0.3, -0.25) is 0 Å². The molecule has 0 aliphatic rings. The zero-order valence-electron chi connectivity index (χ0n) is 9.13. The maximum atomic E-state index is 4.43. The van der Waals surface area contributed by atoms with Gasteiger partial charge in [-0.25, -0.2) is 4.98 Å². The number of thiazole rings is 1. The third-order valence-corrected chi connectivity index (χ3v) is 2.84. The fourth-order valence-electron chi connectivity index (χ4n) is 1.20. The molecular weight excluding hydrogens is 194 g/mol. The van der Waals surface area contributed by atoms with Crippen LogP contribution in [-0.2, 0) is 6.42 Å². The van der Waals surface area contributed by atoms with Crippen LogP contribution in [-0.4, -0.2) is 24.6 Å². The Hall–Kier alpha value is -0.610. The quantitative estimate of drug-likeness (QED) is 0.711. The van der Waals surface area contributed by atoms with Crippen molar-refractivity contribution in [1.82, 2.24) is 10.3 Å². The number of aromatic nitrogens is 1. The van der Waals surface area contributed by atoms with Crippen molar-refractivity contribution in [1.29, 1.82) is 0 Å². The SMILES string of the molecule is CNc1nc(CCCNC(C)C)cs1. The van der Waals surface area contributed by atoms with Crippen molar-refractivity contribution in [3.8, 4) is 0 Å². The molecule has 80 valence electrons. The lowest BCUT2D eigenvalue weighted by molar-refractivity contribution is 0.569. The number of nitrogens with one attached hydrogen (secondary N) is 2. The van der Waals surface area contributed by atoms with Crippen LogP contribution < -0.4 is 10.6 Å². The molecule has 0 unspecified atom stereocenters. The lowest BCUT2D eigenvalue weighted by Gasteiger charge is -2.06. The number of hydrogen-bond donors (Lipinski definition) is 2. The average molecular weight is 213 g/mol. The molecule has 0 amide bonds. The first-order valence-corrected chi connectivity index (χ1v) is 5.96. The fraction of sp³-hybridized carbons (Fsp3) is 0.700. The van der Waals surface area contributed by atoms with Crippen LogP contribution in [0.15, 0.2) is 5.38 Å². The summed E-state index contributed by atoms with van der Waals surface area (Å²) in [6.07, 6.45) is 2.23. The summed E-state index contributed by atoms with van der Waals surface area (Å²) in [5, 5.41) is 9.58. The first kappa shape index (κ1) is 11.5. The zero-order valence-corrected chi connectivity index (χ0v) is 9.95. The highest BCUT2D eigenvalue weighted by Crippen LogP contribution is 2.15. The van der Waals surface area contributed by atoms with Crippen LogP contribution in [0.3, 0.4) is 0 Å². The van der Waals surface area contributed by atoms with Crippen molar-refractivity contribution in [2.24, 2.45) is 0 Å². The van der Waals surface area contributed by atoms with Crippen molar-refractivity contribution >= 4 is 16.5 Å². The lowest BCUT2D eigenvalue weighted by Crippen LogP contribution is -2.23. The highest BCUT2D eigenvalue weighted by atomic mass is 32.1. The Morgan fingerprint density at radius 3 is 2.86 bits per heavy atom. The molecule has 0 radical (unpaired) electrons. The second-order valence-corrected chi connectivity index (χ2v) is 4.46. The van der Waals surface area contributed by atoms with Crippen LogP contribution in [0.4, 0.5) is 5.13 Å². The van der Waals surface area contributed by atoms with Crippen LogP contribution in [0.1, 0.15) is 26.0 Å². The molecule has 2 N–H and O–H groups in total. The van der Waals surface area contributed by atoms with E-state index < -0.39 is 0 Å². The van der Waals surface area contributed by atoms with Crippen molar-refractivity contribution in [3.63, 3.8) is 0 Å². The number of aryl methyl sites for hydroxylation is 1. The molecule has 0 saturated carbocycles. The summed E-state index contributed by atoms with van der Waals surface area (Å²) in [4.78, 5) is 4.43. The molecule has 0 saturated heterocycles. The molecule has 0 aliphatic carbocycles. The van der Waals surface area contributed by atoms with Gasteiger partial charge in [-0.1, -0.05) is 13.8 Å². The summed E-state index contributed by atoms with van der Waals surface area (Å²) in [7, 11) is 1.91. The van der Waals surface area contributed by atoms with Gasteiger partial charge in [0.15, 0.2) is 5.13 Å². The minimum atomic E-state index is 0.582. The van der Waals surface area contributed by atoms with E-state index in [2.05, 4.69) is 34.8 Å². The Labute approximate surface area is 89.9 Å². The normalized spacial score (nSPS) is 10.9. The molecule has 14 heavy (non-hydrogen) atoms. The highest BCUT2D eigenvalue weighted by molar-refractivity contribution is 7.13. The van der Waals surface area contributed by atoms with Gasteiger partial charge >= 0.3 is 0 Å². The van der Waals surface area contributed by atoms with Crippen LogP contribution in [0.5, 0.6) is 0 Å². The Morgan fingerprint density at radius 1 is 1.50 bits per heavy atom. The van der Waals surface area contributed by atoms with Gasteiger partial charge in [0.2, 0.25) is 0 Å². The van der Waals surface area contributed by atoms with E-state index in [1.165, 1.54) is 5.69 Å². The Bertz CT molecular complexity index is 258. The predicted octanol–water partition coefficient (Wildman–Crippen LogP) is 2.12. The molecule has 0 aliphatic heterocycles. The van der Waals surface area contributed by atoms with Gasteiger partial charge in [0, 0.05) is 18.5 Å². The Morgan fingerprint density at radius 2 is 2.29 bits per heavy atom. The van der Waals surface area contributed by atoms with E-state index in [1.807, 2.05) is 7.05 Å². The maximum Gasteiger partial charge on any atom is 0.182 e. The molecule has 1 aromatic heterocycles. The number of hydrogen-bond acceptors (Lipinski definition) is 4. The molecule has 0 aromatic carbocycles. The summed E-state index contributed by atoms with van der Waals surface area (Å²) in [6.45, 7) is 5.41. The van der Waals surface area contributed by atoms with E-state index in [9.17, 15) is 0 Å². The molecule has 3 nitrogen and oxygen atoms in total. The third kappa shape index (κ3) is 4.07. The van der Waals surface area contributed by atoms with Gasteiger partial charge in [0.1, 0.15) is 0 Å². The molecule has 4 heteroatoms. The van der Waals surface area contributed by atoms with Gasteiger partial charge in [0.05, 0.1) is 5.69 Å². The van der Waals surface area contributed by atoms with E-state index >= 15 is 0 Å². The first-order chi connectivity index (χ1) is 6.72. The Balaban J connectivity index is 2.18. The largest absolute Gasteiger partial charge is 0.365 e. The molecular formula is C10H19N3S. The van der Waals surface area contributed by atoms with Crippen LogP contribution in [0.2, 0.25) is 0 Å². The molecule has 1 rings (SSSR count). The second-order valence-electron chi connectivity index (χ2n) is 3.61. The summed E-state index contributed by atoms with van der Waals surface area (Å²) in [5.74, 6) is 0. The number of rotatable bonds is 6. The predicted molar refractivity (Wildman–Crippen MR) is 63.1 cm³/mol. The standard InChI is InChI=1S/C10H19N3S/c1-8(2)12-6-4-5-9-7-14-10(11-3)13-9/h7-8,12H,4-6H2,1-3H3,(H,11,13). The third-order valence-electron chi connectivity index (χ3n) is 1.93. The van der Waals surface area contributed by atoms with Gasteiger partial charge in [-0.15, -0.1) is 11.3 Å². The minimum absolute atomic E-state index is 0.582. The van der Waals surface area contributed by atoms with Crippen LogP contribution >= 0.6 is 11.3 Å². The van der Waals surface area contributed by atoms with E-state index in [4.69, 9.17) is 0 Å². The van der Waals surface area contributed by atoms with Crippen LogP contribution in [0, 0.1) is 0 Å². The van der Waals surface area contributed by atoms with E-state index in [-0.39, 0.29) is 0 Å². The van der Waals surface area contributed by atoms with Gasteiger partial charge < -0.3 is 10.6 Å². The van der Waals surface area contributed by atoms with E-state index in [1.54, 1.807) is 11.3 Å². The minimum Gasteiger partial charge on any atom is -0.365 e. The second kappa shape index (κ2) is 5.98. The van der Waals surface area contributed by atoms with Gasteiger partial charge in [-0.05, 0) is 19.4 Å². The molecule has 0 spiro atoms. The average Bonchev–Trinajstić information content (AvgIpc) is 2.60. The summed E-state index contributed by atoms with van der Waals surface area (Å²) >= 11 is 1.67. The smallest absolute Gasteiger partial charge is 0.182 e. The molecule has 0 fully saturated rings. The maximum absolute atomic E-state index is 4.43. The van der Waals surface area contributed by atoms with Gasteiger partial charge in [-0.2, -0.15) is 0 Å². The summed E-state index contributed by atoms with van der Waals surface area (Å²) in [6, 6.07) is 0.582. The zero-order chi connectivity index (χ0) is 10.4. The monoisotopic (exact) mass is 213 g/mol. The first-order valence-electron chi connectivity index (χ1n) is 5.08. The topological polar surface area (TPSA) is 37.0 Å².